The van der Waals surface area contributed by atoms with Crippen molar-refractivity contribution in [3.63, 3.8) is 0 Å². The van der Waals surface area contributed by atoms with Gasteiger partial charge in [0.05, 0.1) is 11.1 Å². The first-order chi connectivity index (χ1) is 33.0. The Morgan fingerprint density at radius 1 is 0.313 bits per heavy atom. The van der Waals surface area contributed by atoms with Crippen LogP contribution >= 0.6 is 0 Å². The zero-order valence-corrected chi connectivity index (χ0v) is 37.2. The van der Waals surface area contributed by atoms with E-state index in [-0.39, 0.29) is 5.41 Å². The van der Waals surface area contributed by atoms with Gasteiger partial charge in [0.1, 0.15) is 5.58 Å². The molecule has 0 aliphatic heterocycles. The number of benzene rings is 10. The zero-order valence-electron chi connectivity index (χ0n) is 37.2. The van der Waals surface area contributed by atoms with Gasteiger partial charge in [-0.05, 0) is 140 Å². The number of nitrogens with zero attached hydrogens (tertiary/aromatic N) is 2. The Hall–Kier alpha value is -8.40. The van der Waals surface area contributed by atoms with Crippen LogP contribution in [-0.4, -0.2) is 0 Å². The number of furan rings is 1. The van der Waals surface area contributed by atoms with Crippen molar-refractivity contribution in [3.8, 4) is 33.4 Å². The molecule has 10 aromatic carbocycles. The number of fused-ring (bicyclic) bond motifs is 16. The molecule has 3 heteroatoms. The summed E-state index contributed by atoms with van der Waals surface area (Å²) in [6.07, 6.45) is 0. The van der Waals surface area contributed by atoms with Crippen molar-refractivity contribution in [1.29, 1.82) is 0 Å². The van der Waals surface area contributed by atoms with Crippen molar-refractivity contribution in [1.82, 2.24) is 0 Å². The maximum absolute atomic E-state index is 6.88. The Morgan fingerprint density at radius 3 is 1.34 bits per heavy atom. The van der Waals surface area contributed by atoms with E-state index in [4.69, 9.17) is 4.42 Å². The van der Waals surface area contributed by atoms with Crippen molar-refractivity contribution >= 4 is 56.1 Å². The molecule has 67 heavy (non-hydrogen) atoms. The molecule has 1 heterocycles. The first-order valence-corrected chi connectivity index (χ1v) is 23.3. The molecule has 3 nitrogen and oxygen atoms in total. The molecule has 14 rings (SSSR count). The molecule has 1 unspecified atom stereocenters. The molecule has 0 saturated heterocycles. The molecule has 1 spiro atoms. The fourth-order valence-corrected chi connectivity index (χ4v) is 12.2. The second-order valence-electron chi connectivity index (χ2n) is 18.8. The largest absolute Gasteiger partial charge is 0.454 e. The summed E-state index contributed by atoms with van der Waals surface area (Å²) in [7, 11) is 0. The third-order valence-electron chi connectivity index (χ3n) is 15.1. The normalized spacial score (nSPS) is 15.5. The minimum absolute atomic E-state index is 0.176. The summed E-state index contributed by atoms with van der Waals surface area (Å²) < 4.78 is 6.88. The lowest BCUT2D eigenvalue weighted by atomic mass is 9.70. The van der Waals surface area contributed by atoms with Crippen molar-refractivity contribution in [2.45, 2.75) is 24.7 Å². The van der Waals surface area contributed by atoms with Crippen LogP contribution in [-0.2, 0) is 10.8 Å². The van der Waals surface area contributed by atoms with Gasteiger partial charge in [-0.3, -0.25) is 0 Å². The summed E-state index contributed by atoms with van der Waals surface area (Å²) in [5.74, 6) is 0. The van der Waals surface area contributed by atoms with E-state index in [0.717, 1.165) is 56.1 Å². The summed E-state index contributed by atoms with van der Waals surface area (Å²) in [5.41, 5.74) is 23.0. The van der Waals surface area contributed by atoms with E-state index in [9.17, 15) is 0 Å². The molecule has 0 fully saturated rings. The number of hydrogen-bond donors (Lipinski definition) is 0. The average Bonchev–Trinajstić information content (AvgIpc) is 4.07. The van der Waals surface area contributed by atoms with E-state index in [1.165, 1.54) is 66.8 Å². The van der Waals surface area contributed by atoms with Crippen LogP contribution < -0.4 is 9.80 Å². The topological polar surface area (TPSA) is 19.6 Å². The van der Waals surface area contributed by atoms with Gasteiger partial charge in [-0.2, -0.15) is 0 Å². The predicted octanol–water partition coefficient (Wildman–Crippen LogP) is 17.2. The standard InChI is InChI=1S/C64H44N2O/c1-63(2)54-27-13-9-22-46(54)49-35-33-44(38-57(49)63)66(60-30-17-26-53-52-25-12-16-31-61(52)67-62(53)60)45-34-37-51-48-24-11-15-29-56(48)64(59(51)40-45)55-28-14-10-23-47(55)50-36-32-43(39-58(50)64)65(41-18-5-3-6-19-41)42-20-7-4-8-21-42/h3-40H,1-2H3. The van der Waals surface area contributed by atoms with Crippen molar-refractivity contribution in [2.24, 2.45) is 0 Å². The van der Waals surface area contributed by atoms with Crippen LogP contribution in [0.25, 0.3) is 55.3 Å². The molecule has 0 N–H and O–H groups in total. The first-order valence-electron chi connectivity index (χ1n) is 23.3. The van der Waals surface area contributed by atoms with Gasteiger partial charge in [0.2, 0.25) is 0 Å². The van der Waals surface area contributed by atoms with E-state index < -0.39 is 5.41 Å². The van der Waals surface area contributed by atoms with Crippen LogP contribution in [0, 0.1) is 0 Å². The van der Waals surface area contributed by atoms with E-state index >= 15 is 0 Å². The van der Waals surface area contributed by atoms with E-state index in [1.807, 2.05) is 0 Å². The molecule has 0 bridgehead atoms. The molecule has 0 radical (unpaired) electrons. The summed E-state index contributed by atoms with van der Waals surface area (Å²) >= 11 is 0. The third-order valence-corrected chi connectivity index (χ3v) is 15.1. The predicted molar refractivity (Wildman–Crippen MR) is 277 cm³/mol. The summed E-state index contributed by atoms with van der Waals surface area (Å²) in [4.78, 5) is 4.84. The zero-order chi connectivity index (χ0) is 44.4. The second kappa shape index (κ2) is 14.1. The Bertz CT molecular complexity index is 3760. The van der Waals surface area contributed by atoms with Crippen molar-refractivity contribution in [2.75, 3.05) is 9.80 Å². The summed E-state index contributed by atoms with van der Waals surface area (Å²) in [6, 6.07) is 85.0. The van der Waals surface area contributed by atoms with E-state index in [1.54, 1.807) is 0 Å². The SMILES string of the molecule is CC1(C)c2ccccc2-c2ccc(N(c3ccc4c(c3)C3(c5ccccc5-c5ccc(N(c6ccccc6)c6ccccc6)cc53)c3ccccc3-4)c3cccc4c3oc3ccccc34)cc21. The molecule has 0 amide bonds. The molecule has 1 aromatic heterocycles. The lowest BCUT2D eigenvalue weighted by molar-refractivity contribution is 0.660. The quantitative estimate of drug-likeness (QED) is 0.166. The molecule has 316 valence electrons. The fourth-order valence-electron chi connectivity index (χ4n) is 12.2. The maximum atomic E-state index is 6.88. The van der Waals surface area contributed by atoms with Gasteiger partial charge in [-0.25, -0.2) is 0 Å². The Labute approximate surface area is 390 Å². The minimum atomic E-state index is -0.596. The number of para-hydroxylation sites is 4. The highest BCUT2D eigenvalue weighted by Crippen LogP contribution is 2.64. The average molecular weight is 857 g/mol. The maximum Gasteiger partial charge on any atom is 0.159 e. The fraction of sp³-hybridized carbons (Fsp3) is 0.0625. The van der Waals surface area contributed by atoms with Crippen LogP contribution in [0.5, 0.6) is 0 Å². The van der Waals surface area contributed by atoms with Crippen molar-refractivity contribution in [3.05, 3.63) is 264 Å². The smallest absolute Gasteiger partial charge is 0.159 e. The lowest BCUT2D eigenvalue weighted by Crippen LogP contribution is -2.26. The van der Waals surface area contributed by atoms with Gasteiger partial charge in [-0.15, -0.1) is 0 Å². The highest BCUT2D eigenvalue weighted by molar-refractivity contribution is 6.10. The van der Waals surface area contributed by atoms with Gasteiger partial charge < -0.3 is 14.2 Å². The third kappa shape index (κ3) is 5.23. The Morgan fingerprint density at radius 2 is 0.746 bits per heavy atom. The molecular formula is C64H44N2O. The van der Waals surface area contributed by atoms with Crippen LogP contribution in [0.4, 0.5) is 34.1 Å². The van der Waals surface area contributed by atoms with Crippen molar-refractivity contribution < 1.29 is 4.42 Å². The molecule has 3 aliphatic carbocycles. The van der Waals surface area contributed by atoms with Gasteiger partial charge in [-0.1, -0.05) is 172 Å². The summed E-state index contributed by atoms with van der Waals surface area (Å²) in [5, 5.41) is 2.22. The number of anilines is 6. The number of rotatable bonds is 6. The van der Waals surface area contributed by atoms with Crippen LogP contribution in [0.3, 0.4) is 0 Å². The number of hydrogen-bond acceptors (Lipinski definition) is 3. The van der Waals surface area contributed by atoms with E-state index in [2.05, 4.69) is 254 Å². The Balaban J connectivity index is 1.04. The minimum Gasteiger partial charge on any atom is -0.454 e. The second-order valence-corrected chi connectivity index (χ2v) is 18.8. The Kier molecular flexibility index (Phi) is 7.95. The molecular weight excluding hydrogens is 813 g/mol. The molecule has 1 atom stereocenters. The van der Waals surface area contributed by atoms with E-state index in [0.29, 0.717) is 0 Å². The van der Waals surface area contributed by atoms with Gasteiger partial charge in [0.15, 0.2) is 5.58 Å². The van der Waals surface area contributed by atoms with Gasteiger partial charge in [0.25, 0.3) is 0 Å². The monoisotopic (exact) mass is 856 g/mol. The molecule has 11 aromatic rings. The van der Waals surface area contributed by atoms with Gasteiger partial charge in [0, 0.05) is 44.6 Å². The highest BCUT2D eigenvalue weighted by Gasteiger charge is 2.52. The summed E-state index contributed by atoms with van der Waals surface area (Å²) in [6.45, 7) is 4.73. The van der Waals surface area contributed by atoms with Crippen LogP contribution in [0.15, 0.2) is 235 Å². The highest BCUT2D eigenvalue weighted by atomic mass is 16.3. The first kappa shape index (κ1) is 37.9. The molecule has 0 saturated carbocycles. The van der Waals surface area contributed by atoms with Gasteiger partial charge >= 0.3 is 0 Å². The molecule has 3 aliphatic rings. The lowest BCUT2D eigenvalue weighted by Gasteiger charge is -2.33. The van der Waals surface area contributed by atoms with Crippen LogP contribution in [0.2, 0.25) is 0 Å². The van der Waals surface area contributed by atoms with Crippen LogP contribution in [0.1, 0.15) is 47.2 Å².